The molecule has 82 valence electrons. The molecule has 1 aromatic rings. The summed E-state index contributed by atoms with van der Waals surface area (Å²) >= 11 is 0. The molecule has 0 saturated carbocycles. The van der Waals surface area contributed by atoms with Gasteiger partial charge >= 0.3 is 5.97 Å². The van der Waals surface area contributed by atoms with E-state index in [1.54, 1.807) is 6.92 Å². The first kappa shape index (κ1) is 11.8. The number of carbonyl (C=O) groups is 1. The Balaban J connectivity index is 3.09. The molecule has 0 aliphatic carbocycles. The van der Waals surface area contributed by atoms with Gasteiger partial charge in [-0.3, -0.25) is 4.79 Å². The zero-order valence-corrected chi connectivity index (χ0v) is 9.89. The molecular weight excluding hydrogens is 188 g/mol. The fourth-order valence-electron chi connectivity index (χ4n) is 1.64. The van der Waals surface area contributed by atoms with Crippen LogP contribution < -0.4 is 4.74 Å². The summed E-state index contributed by atoms with van der Waals surface area (Å²) < 4.78 is 5.33. The van der Waals surface area contributed by atoms with Crippen LogP contribution in [-0.2, 0) is 11.2 Å². The van der Waals surface area contributed by atoms with Gasteiger partial charge in [0.2, 0.25) is 0 Å². The molecule has 0 atom stereocenters. The van der Waals surface area contributed by atoms with Gasteiger partial charge in [0, 0.05) is 6.42 Å². The number of benzene rings is 1. The van der Waals surface area contributed by atoms with Gasteiger partial charge in [-0.05, 0) is 31.4 Å². The van der Waals surface area contributed by atoms with Crippen LogP contribution in [0.2, 0.25) is 0 Å². The van der Waals surface area contributed by atoms with Crippen LogP contribution >= 0.6 is 0 Å². The van der Waals surface area contributed by atoms with E-state index in [2.05, 4.69) is 19.9 Å². The van der Waals surface area contributed by atoms with Crippen molar-refractivity contribution in [3.63, 3.8) is 0 Å². The summed E-state index contributed by atoms with van der Waals surface area (Å²) in [4.78, 5) is 11.3. The molecule has 0 unspecified atom stereocenters. The van der Waals surface area contributed by atoms with Crippen molar-refractivity contribution in [2.45, 2.75) is 40.5 Å². The third-order valence-electron chi connectivity index (χ3n) is 2.38. The second-order valence-electron chi connectivity index (χ2n) is 3.75. The number of esters is 1. The highest BCUT2D eigenvalue weighted by molar-refractivity contribution is 5.73. The van der Waals surface area contributed by atoms with E-state index in [0.29, 0.717) is 6.42 Å². The van der Waals surface area contributed by atoms with Gasteiger partial charge in [-0.15, -0.1) is 0 Å². The summed E-state index contributed by atoms with van der Waals surface area (Å²) in [7, 11) is 0. The topological polar surface area (TPSA) is 26.3 Å². The van der Waals surface area contributed by atoms with Crippen LogP contribution in [0.1, 0.15) is 37.0 Å². The molecular formula is C13H18O2. The number of rotatable bonds is 3. The fourth-order valence-corrected chi connectivity index (χ4v) is 1.64. The summed E-state index contributed by atoms with van der Waals surface area (Å²) in [5.74, 6) is 0.576. The van der Waals surface area contributed by atoms with Gasteiger partial charge in [-0.2, -0.15) is 0 Å². The zero-order chi connectivity index (χ0) is 11.4. The maximum atomic E-state index is 11.3. The molecule has 15 heavy (non-hydrogen) atoms. The lowest BCUT2D eigenvalue weighted by molar-refractivity contribution is -0.134. The van der Waals surface area contributed by atoms with E-state index in [0.717, 1.165) is 23.3 Å². The molecule has 1 rings (SSSR count). The number of aryl methyl sites for hydroxylation is 3. The minimum absolute atomic E-state index is 0.170. The van der Waals surface area contributed by atoms with E-state index >= 15 is 0 Å². The number of carbonyl (C=O) groups excluding carboxylic acids is 1. The lowest BCUT2D eigenvalue weighted by Crippen LogP contribution is -2.08. The summed E-state index contributed by atoms with van der Waals surface area (Å²) in [5, 5.41) is 0. The molecule has 0 aliphatic heterocycles. The molecule has 0 amide bonds. The monoisotopic (exact) mass is 206 g/mol. The first-order valence-electron chi connectivity index (χ1n) is 5.39. The van der Waals surface area contributed by atoms with Crippen molar-refractivity contribution in [2.75, 3.05) is 0 Å². The normalized spacial score (nSPS) is 10.1. The number of hydrogen-bond acceptors (Lipinski definition) is 2. The molecule has 0 fully saturated rings. The molecule has 1 aromatic carbocycles. The molecule has 0 N–H and O–H groups in total. The average Bonchev–Trinajstić information content (AvgIpc) is 2.21. The highest BCUT2D eigenvalue weighted by Gasteiger charge is 2.10. The van der Waals surface area contributed by atoms with Crippen molar-refractivity contribution < 1.29 is 9.53 Å². The van der Waals surface area contributed by atoms with E-state index in [1.807, 2.05) is 13.0 Å². The zero-order valence-electron chi connectivity index (χ0n) is 9.89. The third-order valence-corrected chi connectivity index (χ3v) is 2.38. The lowest BCUT2D eigenvalue weighted by Gasteiger charge is -2.12. The van der Waals surface area contributed by atoms with Gasteiger partial charge in [0.15, 0.2) is 0 Å². The fraction of sp³-hybridized carbons (Fsp3) is 0.462. The van der Waals surface area contributed by atoms with E-state index in [1.165, 1.54) is 5.56 Å². The molecule has 2 nitrogen and oxygen atoms in total. The molecule has 0 heterocycles. The lowest BCUT2D eigenvalue weighted by atomic mass is 10.0. The Morgan fingerprint density at radius 3 is 2.47 bits per heavy atom. The summed E-state index contributed by atoms with van der Waals surface area (Å²) in [6.45, 7) is 7.90. The van der Waals surface area contributed by atoms with Gasteiger partial charge in [-0.1, -0.05) is 31.5 Å². The van der Waals surface area contributed by atoms with Gasteiger partial charge in [-0.25, -0.2) is 0 Å². The first-order valence-corrected chi connectivity index (χ1v) is 5.39. The van der Waals surface area contributed by atoms with Crippen LogP contribution in [0.25, 0.3) is 0 Å². The smallest absolute Gasteiger partial charge is 0.310 e. The van der Waals surface area contributed by atoms with Gasteiger partial charge in [0.05, 0.1) is 0 Å². The van der Waals surface area contributed by atoms with Gasteiger partial charge in [0.25, 0.3) is 0 Å². The largest absolute Gasteiger partial charge is 0.426 e. The molecule has 0 aromatic heterocycles. The highest BCUT2D eigenvalue weighted by atomic mass is 16.5. The van der Waals surface area contributed by atoms with Crippen molar-refractivity contribution in [1.29, 1.82) is 0 Å². The van der Waals surface area contributed by atoms with Crippen LogP contribution in [0.15, 0.2) is 12.1 Å². The Bertz CT molecular complexity index is 367. The Morgan fingerprint density at radius 2 is 1.93 bits per heavy atom. The van der Waals surface area contributed by atoms with E-state index < -0.39 is 0 Å². The van der Waals surface area contributed by atoms with Gasteiger partial charge in [0.1, 0.15) is 5.75 Å². The Labute approximate surface area is 91.3 Å². The molecule has 0 saturated heterocycles. The number of hydrogen-bond donors (Lipinski definition) is 0. The van der Waals surface area contributed by atoms with E-state index in [9.17, 15) is 4.79 Å². The Morgan fingerprint density at radius 1 is 1.27 bits per heavy atom. The second kappa shape index (κ2) is 4.96. The van der Waals surface area contributed by atoms with Crippen LogP contribution in [0.5, 0.6) is 5.75 Å². The predicted octanol–water partition coefficient (Wildman–Crippen LogP) is 3.18. The summed E-state index contributed by atoms with van der Waals surface area (Å²) in [6.07, 6.45) is 1.30. The molecule has 0 aliphatic rings. The summed E-state index contributed by atoms with van der Waals surface area (Å²) in [6, 6.07) is 4.11. The minimum atomic E-state index is -0.170. The molecule has 0 spiro atoms. The second-order valence-corrected chi connectivity index (χ2v) is 3.75. The molecule has 2 heteroatoms. The highest BCUT2D eigenvalue weighted by Crippen LogP contribution is 2.26. The average molecular weight is 206 g/mol. The van der Waals surface area contributed by atoms with Gasteiger partial charge < -0.3 is 4.74 Å². The standard InChI is InChI=1S/C13H18O2/c1-5-11-8-9(3)7-10(4)13(11)15-12(14)6-2/h7-8H,5-6H2,1-4H3. The van der Waals surface area contributed by atoms with Crippen LogP contribution in [0, 0.1) is 13.8 Å². The maximum absolute atomic E-state index is 11.3. The first-order chi connectivity index (χ1) is 7.08. The van der Waals surface area contributed by atoms with Crippen molar-refractivity contribution in [2.24, 2.45) is 0 Å². The molecule has 0 radical (unpaired) electrons. The minimum Gasteiger partial charge on any atom is -0.426 e. The quantitative estimate of drug-likeness (QED) is 0.561. The van der Waals surface area contributed by atoms with E-state index in [-0.39, 0.29) is 5.97 Å². The predicted molar refractivity (Wildman–Crippen MR) is 61.2 cm³/mol. The van der Waals surface area contributed by atoms with Crippen molar-refractivity contribution >= 4 is 5.97 Å². The van der Waals surface area contributed by atoms with E-state index in [4.69, 9.17) is 4.74 Å². The van der Waals surface area contributed by atoms with Crippen LogP contribution in [-0.4, -0.2) is 5.97 Å². The molecule has 0 bridgehead atoms. The summed E-state index contributed by atoms with van der Waals surface area (Å²) in [5.41, 5.74) is 3.35. The van der Waals surface area contributed by atoms with Crippen LogP contribution in [0.4, 0.5) is 0 Å². The Hall–Kier alpha value is -1.31. The van der Waals surface area contributed by atoms with Crippen molar-refractivity contribution in [1.82, 2.24) is 0 Å². The maximum Gasteiger partial charge on any atom is 0.310 e. The third kappa shape index (κ3) is 2.82. The van der Waals surface area contributed by atoms with Crippen molar-refractivity contribution in [3.05, 3.63) is 28.8 Å². The van der Waals surface area contributed by atoms with Crippen molar-refractivity contribution in [3.8, 4) is 5.75 Å². The Kier molecular flexibility index (Phi) is 3.89. The SMILES string of the molecule is CCC(=O)Oc1c(C)cc(C)cc1CC. The van der Waals surface area contributed by atoms with Crippen LogP contribution in [0.3, 0.4) is 0 Å². The number of ether oxygens (including phenoxy) is 1.